The van der Waals surface area contributed by atoms with Crippen molar-refractivity contribution < 1.29 is 26.4 Å². The van der Waals surface area contributed by atoms with Gasteiger partial charge in [-0.25, -0.2) is 13.2 Å². The molecule has 2 aromatic heterocycles. The van der Waals surface area contributed by atoms with E-state index in [1.807, 2.05) is 0 Å². The highest BCUT2D eigenvalue weighted by Crippen LogP contribution is 2.39. The lowest BCUT2D eigenvalue weighted by Crippen LogP contribution is -2.48. The molecule has 0 aliphatic carbocycles. The maximum atomic E-state index is 13.2. The first-order valence-electron chi connectivity index (χ1n) is 9.52. The molecule has 0 atom stereocenters. The minimum absolute atomic E-state index is 0.313. The minimum atomic E-state index is -4.74. The number of aryl methyl sites for hydroxylation is 1. The maximum Gasteiger partial charge on any atom is 0.435 e. The zero-order valence-electron chi connectivity index (χ0n) is 17.2. The third-order valence-electron chi connectivity index (χ3n) is 5.70. The number of nitrogens with one attached hydrogen (secondary N) is 1. The van der Waals surface area contributed by atoms with Crippen LogP contribution in [0, 0.1) is 5.92 Å². The summed E-state index contributed by atoms with van der Waals surface area (Å²) in [5, 5.41) is 12.9. The van der Waals surface area contributed by atoms with E-state index in [-0.39, 0.29) is 11.9 Å². The van der Waals surface area contributed by atoms with Gasteiger partial charge in [-0.15, -0.1) is 0 Å². The van der Waals surface area contributed by atoms with E-state index in [1.165, 1.54) is 33.3 Å². The number of piperidine rings is 1. The zero-order valence-corrected chi connectivity index (χ0v) is 18.0. The number of urea groups is 1. The van der Waals surface area contributed by atoms with Crippen molar-refractivity contribution in [3.63, 3.8) is 0 Å². The summed E-state index contributed by atoms with van der Waals surface area (Å²) < 4.78 is 64.8. The van der Waals surface area contributed by atoms with Gasteiger partial charge in [-0.1, -0.05) is 0 Å². The van der Waals surface area contributed by atoms with Crippen LogP contribution in [0.3, 0.4) is 0 Å². The summed E-state index contributed by atoms with van der Waals surface area (Å²) in [5.74, 6) is -0.353. The molecule has 170 valence electrons. The molecule has 13 heteroatoms. The van der Waals surface area contributed by atoms with E-state index in [2.05, 4.69) is 20.6 Å². The molecule has 1 saturated heterocycles. The third-order valence-corrected chi connectivity index (χ3v) is 8.35. The first kappa shape index (κ1) is 23.0. The second kappa shape index (κ2) is 8.09. The number of amides is 2. The van der Waals surface area contributed by atoms with Crippen LogP contribution in [0.25, 0.3) is 0 Å². The number of carbonyl (C=O) groups excluding carboxylic acids is 1. The Labute approximate surface area is 177 Å². The van der Waals surface area contributed by atoms with E-state index in [0.29, 0.717) is 37.7 Å². The smallest absolute Gasteiger partial charge is 0.325 e. The maximum absolute atomic E-state index is 13.2. The SMILES string of the molecule is Cn1nc(C(F)(F)F)cc1S(=O)(=O)C(C)(C)C1CCN(C(=O)Nc2ccnnc2)CC1. The molecule has 0 aromatic carbocycles. The molecular formula is C18H23F3N6O3S. The van der Waals surface area contributed by atoms with Crippen LogP contribution in [0.4, 0.5) is 23.7 Å². The largest absolute Gasteiger partial charge is 0.435 e. The van der Waals surface area contributed by atoms with Gasteiger partial charge >= 0.3 is 12.2 Å². The molecule has 1 aliphatic rings. The monoisotopic (exact) mass is 460 g/mol. The Morgan fingerprint density at radius 2 is 1.84 bits per heavy atom. The number of rotatable bonds is 4. The Balaban J connectivity index is 1.72. The van der Waals surface area contributed by atoms with Gasteiger partial charge in [-0.2, -0.15) is 28.5 Å². The number of aromatic nitrogens is 4. The van der Waals surface area contributed by atoms with Gasteiger partial charge in [0.15, 0.2) is 10.7 Å². The topological polar surface area (TPSA) is 110 Å². The van der Waals surface area contributed by atoms with Gasteiger partial charge in [0.05, 0.1) is 22.8 Å². The van der Waals surface area contributed by atoms with Gasteiger partial charge in [0.1, 0.15) is 0 Å². The van der Waals surface area contributed by atoms with Crippen LogP contribution in [0.5, 0.6) is 0 Å². The van der Waals surface area contributed by atoms with Crippen molar-refractivity contribution in [3.05, 3.63) is 30.2 Å². The van der Waals surface area contributed by atoms with E-state index in [9.17, 15) is 26.4 Å². The average molecular weight is 460 g/mol. The first-order chi connectivity index (χ1) is 14.3. The van der Waals surface area contributed by atoms with Crippen LogP contribution in [0.15, 0.2) is 29.6 Å². The van der Waals surface area contributed by atoms with Crippen molar-refractivity contribution in [1.29, 1.82) is 0 Å². The molecule has 2 aromatic rings. The molecule has 31 heavy (non-hydrogen) atoms. The number of anilines is 1. The number of alkyl halides is 3. The second-order valence-electron chi connectivity index (χ2n) is 7.92. The fraction of sp³-hybridized carbons (Fsp3) is 0.556. The summed E-state index contributed by atoms with van der Waals surface area (Å²) in [6.07, 6.45) is -1.11. The lowest BCUT2D eigenvalue weighted by atomic mass is 9.86. The summed E-state index contributed by atoms with van der Waals surface area (Å²) in [6, 6.07) is 1.83. The first-order valence-corrected chi connectivity index (χ1v) is 11.0. The molecule has 0 bridgehead atoms. The average Bonchev–Trinajstić information content (AvgIpc) is 3.11. The van der Waals surface area contributed by atoms with Crippen LogP contribution in [0.1, 0.15) is 32.4 Å². The lowest BCUT2D eigenvalue weighted by Gasteiger charge is -2.39. The molecule has 3 rings (SSSR count). The zero-order chi connectivity index (χ0) is 23.0. The molecule has 9 nitrogen and oxygen atoms in total. The molecular weight excluding hydrogens is 437 g/mol. The Morgan fingerprint density at radius 3 is 2.35 bits per heavy atom. The van der Waals surface area contributed by atoms with Crippen molar-refractivity contribution in [3.8, 4) is 0 Å². The number of nitrogens with zero attached hydrogens (tertiary/aromatic N) is 5. The number of likely N-dealkylation sites (tertiary alicyclic amines) is 1. The molecule has 0 radical (unpaired) electrons. The van der Waals surface area contributed by atoms with Crippen LogP contribution >= 0.6 is 0 Å². The van der Waals surface area contributed by atoms with Crippen LogP contribution in [0.2, 0.25) is 0 Å². The molecule has 0 saturated carbocycles. The number of hydrogen-bond acceptors (Lipinski definition) is 6. The van der Waals surface area contributed by atoms with Crippen molar-refractivity contribution in [2.45, 2.75) is 42.6 Å². The lowest BCUT2D eigenvalue weighted by molar-refractivity contribution is -0.141. The molecule has 1 N–H and O–H groups in total. The van der Waals surface area contributed by atoms with Gasteiger partial charge in [0.25, 0.3) is 0 Å². The Morgan fingerprint density at radius 1 is 1.19 bits per heavy atom. The third kappa shape index (κ3) is 4.50. The number of carbonyl (C=O) groups is 1. The fourth-order valence-electron chi connectivity index (χ4n) is 3.67. The van der Waals surface area contributed by atoms with E-state index in [4.69, 9.17) is 0 Å². The standard InChI is InChI=1S/C18H23F3N6O3S/c1-17(2,31(29,30)15-10-14(18(19,20)21)25-26(15)3)12-5-8-27(9-6-12)16(28)24-13-4-7-22-23-11-13/h4,7,10-12H,5-6,8-9H2,1-3H3,(H,22,24,28). The van der Waals surface area contributed by atoms with Crippen molar-refractivity contribution in [2.75, 3.05) is 18.4 Å². The summed E-state index contributed by atoms with van der Waals surface area (Å²) in [5.41, 5.74) is -0.761. The quantitative estimate of drug-likeness (QED) is 0.751. The Kier molecular flexibility index (Phi) is 6.00. The fourth-order valence-corrected chi connectivity index (χ4v) is 5.54. The predicted molar refractivity (Wildman–Crippen MR) is 105 cm³/mol. The van der Waals surface area contributed by atoms with Gasteiger partial charge in [0.2, 0.25) is 9.84 Å². The van der Waals surface area contributed by atoms with Crippen molar-refractivity contribution >= 4 is 21.6 Å². The Hall–Kier alpha value is -2.70. The Bertz CT molecular complexity index is 1050. The highest BCUT2D eigenvalue weighted by Gasteiger charge is 2.47. The molecule has 1 fully saturated rings. The second-order valence-corrected chi connectivity index (χ2v) is 10.4. The van der Waals surface area contributed by atoms with E-state index in [1.54, 1.807) is 11.0 Å². The van der Waals surface area contributed by atoms with Crippen LogP contribution in [-0.2, 0) is 23.1 Å². The number of sulfone groups is 1. The van der Waals surface area contributed by atoms with Gasteiger partial charge in [0, 0.05) is 26.2 Å². The van der Waals surface area contributed by atoms with Crippen LogP contribution < -0.4 is 5.32 Å². The van der Waals surface area contributed by atoms with Crippen LogP contribution in [-0.4, -0.2) is 57.2 Å². The van der Waals surface area contributed by atoms with Gasteiger partial charge in [-0.3, -0.25) is 4.68 Å². The molecule has 3 heterocycles. The summed E-state index contributed by atoms with van der Waals surface area (Å²) in [7, 11) is -2.95. The predicted octanol–water partition coefficient (Wildman–Crippen LogP) is 2.73. The van der Waals surface area contributed by atoms with Gasteiger partial charge < -0.3 is 10.2 Å². The van der Waals surface area contributed by atoms with E-state index in [0.717, 1.165) is 4.68 Å². The van der Waals surface area contributed by atoms with E-state index < -0.39 is 31.5 Å². The summed E-state index contributed by atoms with van der Waals surface area (Å²) in [4.78, 5) is 14.0. The molecule has 0 unspecified atom stereocenters. The van der Waals surface area contributed by atoms with Crippen molar-refractivity contribution in [1.82, 2.24) is 24.9 Å². The summed E-state index contributed by atoms with van der Waals surface area (Å²) in [6.45, 7) is 3.64. The number of hydrogen-bond donors (Lipinski definition) is 1. The van der Waals surface area contributed by atoms with Gasteiger partial charge in [-0.05, 0) is 38.7 Å². The highest BCUT2D eigenvalue weighted by molar-refractivity contribution is 7.92. The normalized spacial score (nSPS) is 16.4. The molecule has 2 amide bonds. The molecule has 0 spiro atoms. The minimum Gasteiger partial charge on any atom is -0.325 e. The number of halogens is 3. The molecule has 1 aliphatic heterocycles. The van der Waals surface area contributed by atoms with E-state index >= 15 is 0 Å². The summed E-state index contributed by atoms with van der Waals surface area (Å²) >= 11 is 0. The van der Waals surface area contributed by atoms with Crippen molar-refractivity contribution in [2.24, 2.45) is 13.0 Å². The highest BCUT2D eigenvalue weighted by atomic mass is 32.2.